The molecule has 0 fully saturated rings. The molecule has 2 N–H and O–H groups in total. The number of H-pyrrole nitrogens is 1. The Morgan fingerprint density at radius 2 is 2.14 bits per heavy atom. The van der Waals surface area contributed by atoms with Gasteiger partial charge in [-0.15, -0.1) is 12.4 Å². The zero-order chi connectivity index (χ0) is 14.4. The van der Waals surface area contributed by atoms with Crippen molar-refractivity contribution >= 4 is 35.0 Å². The van der Waals surface area contributed by atoms with E-state index in [4.69, 9.17) is 11.6 Å². The number of aromatic nitrogens is 4. The van der Waals surface area contributed by atoms with Crippen molar-refractivity contribution in [3.8, 4) is 17.0 Å². The lowest BCUT2D eigenvalue weighted by atomic mass is 10.1. The molecule has 0 aliphatic carbocycles. The number of hydrogen-bond acceptors (Lipinski definition) is 4. The number of halogens is 2. The van der Waals surface area contributed by atoms with Crippen molar-refractivity contribution in [2.45, 2.75) is 6.92 Å². The maximum absolute atomic E-state index is 12.3. The molecule has 0 radical (unpaired) electrons. The molecule has 3 aromatic rings. The van der Waals surface area contributed by atoms with Gasteiger partial charge in [-0.2, -0.15) is 5.10 Å². The third-order valence-corrected chi connectivity index (χ3v) is 3.49. The van der Waals surface area contributed by atoms with Crippen LogP contribution in [0.5, 0.6) is 5.75 Å². The van der Waals surface area contributed by atoms with Gasteiger partial charge in [-0.25, -0.2) is 0 Å². The van der Waals surface area contributed by atoms with E-state index in [1.807, 2.05) is 0 Å². The van der Waals surface area contributed by atoms with Crippen LogP contribution in [0.25, 0.3) is 22.3 Å². The zero-order valence-electron chi connectivity index (χ0n) is 11.2. The predicted octanol–water partition coefficient (Wildman–Crippen LogP) is 2.41. The van der Waals surface area contributed by atoms with Crippen molar-refractivity contribution in [1.82, 2.24) is 19.7 Å². The fourth-order valence-corrected chi connectivity index (χ4v) is 2.47. The molecule has 0 aliphatic rings. The highest BCUT2D eigenvalue weighted by Gasteiger charge is 2.18. The molecule has 3 heterocycles. The van der Waals surface area contributed by atoms with E-state index in [1.165, 1.54) is 12.4 Å². The maximum atomic E-state index is 12.3. The summed E-state index contributed by atoms with van der Waals surface area (Å²) in [6, 6.07) is 1.63. The lowest BCUT2D eigenvalue weighted by Gasteiger charge is -2.07. The quantitative estimate of drug-likeness (QED) is 0.719. The number of aromatic hydroxyl groups is 1. The first-order valence-corrected chi connectivity index (χ1v) is 6.27. The summed E-state index contributed by atoms with van der Waals surface area (Å²) in [7, 11) is 1.72. The van der Waals surface area contributed by atoms with Gasteiger partial charge < -0.3 is 10.1 Å². The highest BCUT2D eigenvalue weighted by atomic mass is 35.5. The number of pyridine rings is 2. The molecule has 3 rings (SSSR count). The van der Waals surface area contributed by atoms with Crippen LogP contribution in [0.15, 0.2) is 23.3 Å². The highest BCUT2D eigenvalue weighted by molar-refractivity contribution is 6.33. The summed E-state index contributed by atoms with van der Waals surface area (Å²) in [5.74, 6) is -0.373. The molecule has 0 saturated carbocycles. The Morgan fingerprint density at radius 1 is 1.43 bits per heavy atom. The molecule has 0 atom stereocenters. The first kappa shape index (κ1) is 15.3. The van der Waals surface area contributed by atoms with Crippen molar-refractivity contribution in [1.29, 1.82) is 0 Å². The van der Waals surface area contributed by atoms with E-state index in [0.717, 1.165) is 0 Å². The molecule has 0 unspecified atom stereocenters. The summed E-state index contributed by atoms with van der Waals surface area (Å²) >= 11 is 6.06. The van der Waals surface area contributed by atoms with E-state index in [1.54, 1.807) is 24.7 Å². The number of aryl methyl sites for hydroxylation is 2. The number of rotatable bonds is 1. The van der Waals surface area contributed by atoms with E-state index in [2.05, 4.69) is 15.1 Å². The number of hydrogen-bond donors (Lipinski definition) is 2. The van der Waals surface area contributed by atoms with Crippen LogP contribution in [-0.4, -0.2) is 24.9 Å². The van der Waals surface area contributed by atoms with Crippen molar-refractivity contribution in [2.75, 3.05) is 0 Å². The van der Waals surface area contributed by atoms with Crippen molar-refractivity contribution in [2.24, 2.45) is 7.05 Å². The normalized spacial score (nSPS) is 10.6. The predicted molar refractivity (Wildman–Crippen MR) is 83.2 cm³/mol. The summed E-state index contributed by atoms with van der Waals surface area (Å²) in [5.41, 5.74) is 1.40. The third kappa shape index (κ3) is 2.26. The lowest BCUT2D eigenvalue weighted by Crippen LogP contribution is -2.06. The van der Waals surface area contributed by atoms with Crippen molar-refractivity contribution in [3.05, 3.63) is 39.4 Å². The Kier molecular flexibility index (Phi) is 3.93. The summed E-state index contributed by atoms with van der Waals surface area (Å²) in [5, 5.41) is 15.0. The van der Waals surface area contributed by atoms with Gasteiger partial charge in [0, 0.05) is 25.0 Å². The average Bonchev–Trinajstić information content (AvgIpc) is 2.69. The van der Waals surface area contributed by atoms with Crippen LogP contribution in [0.4, 0.5) is 0 Å². The molecule has 3 aromatic heterocycles. The van der Waals surface area contributed by atoms with E-state index in [-0.39, 0.29) is 23.9 Å². The van der Waals surface area contributed by atoms with Crippen LogP contribution < -0.4 is 5.43 Å². The van der Waals surface area contributed by atoms with Gasteiger partial charge in [0.15, 0.2) is 5.75 Å². The largest absolute Gasteiger partial charge is 0.503 e. The zero-order valence-corrected chi connectivity index (χ0v) is 12.8. The average molecular weight is 327 g/mol. The molecular weight excluding hydrogens is 315 g/mol. The molecule has 0 aromatic carbocycles. The SMILES string of the molecule is Cc1nn(C)c2[nH]c(-c3ccncc3Cl)c(O)c(=O)c12.Cl. The lowest BCUT2D eigenvalue weighted by molar-refractivity contribution is 0.471. The van der Waals surface area contributed by atoms with E-state index < -0.39 is 5.43 Å². The Bertz CT molecular complexity index is 886. The van der Waals surface area contributed by atoms with E-state index in [9.17, 15) is 9.90 Å². The van der Waals surface area contributed by atoms with Gasteiger partial charge >= 0.3 is 0 Å². The molecule has 0 bridgehead atoms. The van der Waals surface area contributed by atoms with Gasteiger partial charge in [-0.1, -0.05) is 11.6 Å². The van der Waals surface area contributed by atoms with Gasteiger partial charge in [-0.05, 0) is 13.0 Å². The highest BCUT2D eigenvalue weighted by Crippen LogP contribution is 2.31. The minimum atomic E-state index is -0.466. The molecule has 21 heavy (non-hydrogen) atoms. The minimum Gasteiger partial charge on any atom is -0.503 e. The van der Waals surface area contributed by atoms with Crippen molar-refractivity contribution in [3.63, 3.8) is 0 Å². The second kappa shape index (κ2) is 5.38. The summed E-state index contributed by atoms with van der Waals surface area (Å²) < 4.78 is 1.56. The third-order valence-electron chi connectivity index (χ3n) is 3.19. The maximum Gasteiger partial charge on any atom is 0.235 e. The molecule has 0 aliphatic heterocycles. The van der Waals surface area contributed by atoms with Crippen molar-refractivity contribution < 1.29 is 5.11 Å². The minimum absolute atomic E-state index is 0. The number of aromatic amines is 1. The Labute approximate surface area is 130 Å². The molecule has 8 heteroatoms. The first-order valence-electron chi connectivity index (χ1n) is 5.89. The smallest absolute Gasteiger partial charge is 0.235 e. The van der Waals surface area contributed by atoms with Crippen LogP contribution in [0.2, 0.25) is 5.02 Å². The standard InChI is InChI=1S/C13H11ClN4O2.ClH/c1-6-9-11(19)12(20)10(16-13(9)18(2)17-6)7-3-4-15-5-8(7)14;/h3-5,20H,1-2H3,(H,16,19);1H. The number of fused-ring (bicyclic) bond motifs is 1. The van der Waals surface area contributed by atoms with Crippen LogP contribution >= 0.6 is 24.0 Å². The molecular formula is C13H12Cl2N4O2. The van der Waals surface area contributed by atoms with Crippen LogP contribution in [-0.2, 0) is 7.05 Å². The monoisotopic (exact) mass is 326 g/mol. The Hall–Kier alpha value is -2.05. The topological polar surface area (TPSA) is 83.8 Å². The Balaban J connectivity index is 0.00000161. The molecule has 0 amide bonds. The summed E-state index contributed by atoms with van der Waals surface area (Å²) in [4.78, 5) is 19.2. The van der Waals surface area contributed by atoms with E-state index >= 15 is 0 Å². The van der Waals surface area contributed by atoms with Gasteiger partial charge in [-0.3, -0.25) is 14.5 Å². The van der Waals surface area contributed by atoms with E-state index in [0.29, 0.717) is 27.3 Å². The van der Waals surface area contributed by atoms with Gasteiger partial charge in [0.1, 0.15) is 5.65 Å². The molecule has 110 valence electrons. The number of nitrogens with zero attached hydrogens (tertiary/aromatic N) is 3. The van der Waals surface area contributed by atoms with Crippen LogP contribution in [0.1, 0.15) is 5.69 Å². The fourth-order valence-electron chi connectivity index (χ4n) is 2.26. The fraction of sp³-hybridized carbons (Fsp3) is 0.154. The summed E-state index contributed by atoms with van der Waals surface area (Å²) in [6.45, 7) is 1.72. The summed E-state index contributed by atoms with van der Waals surface area (Å²) in [6.07, 6.45) is 2.99. The van der Waals surface area contributed by atoms with Gasteiger partial charge in [0.05, 0.1) is 21.8 Å². The van der Waals surface area contributed by atoms with Gasteiger partial charge in [0.25, 0.3) is 0 Å². The van der Waals surface area contributed by atoms with Gasteiger partial charge in [0.2, 0.25) is 5.43 Å². The van der Waals surface area contributed by atoms with Crippen LogP contribution in [0.3, 0.4) is 0 Å². The second-order valence-electron chi connectivity index (χ2n) is 4.47. The molecule has 6 nitrogen and oxygen atoms in total. The molecule has 0 saturated heterocycles. The number of nitrogens with one attached hydrogen (secondary N) is 1. The van der Waals surface area contributed by atoms with Crippen LogP contribution in [0, 0.1) is 6.92 Å². The second-order valence-corrected chi connectivity index (χ2v) is 4.87. The first-order chi connectivity index (χ1) is 9.50. The molecule has 0 spiro atoms. The Morgan fingerprint density at radius 3 is 2.81 bits per heavy atom.